The number of ether oxygens (including phenoxy) is 1. The second-order valence-corrected chi connectivity index (χ2v) is 10.2. The minimum atomic E-state index is -1.25. The van der Waals surface area contributed by atoms with Crippen molar-refractivity contribution >= 4 is 18.0 Å². The zero-order valence-electron chi connectivity index (χ0n) is 20.6. The van der Waals surface area contributed by atoms with Crippen LogP contribution in [0.15, 0.2) is 48.5 Å². The Morgan fingerprint density at radius 3 is 2.23 bits per heavy atom. The molecule has 1 unspecified atom stereocenters. The number of carboxylic acids is 1. The summed E-state index contributed by atoms with van der Waals surface area (Å²) in [6, 6.07) is 15.4. The lowest BCUT2D eigenvalue weighted by atomic mass is 9.97. The number of aliphatic carboxylic acids is 1. The normalized spacial score (nSPS) is 19.8. The van der Waals surface area contributed by atoms with Crippen molar-refractivity contribution < 1.29 is 24.2 Å². The van der Waals surface area contributed by atoms with Crippen molar-refractivity contribution in [3.63, 3.8) is 0 Å². The van der Waals surface area contributed by atoms with Crippen molar-refractivity contribution in [2.24, 2.45) is 5.92 Å². The SMILES string of the molecule is CC(C)CCC(NC(=O)OCC1c2ccccc2-c2ccccc21)C(=O)N1CCC[C@]1(C)C(=O)O. The van der Waals surface area contributed by atoms with Gasteiger partial charge in [-0.3, -0.25) is 4.79 Å². The molecule has 2 amide bonds. The molecule has 4 rings (SSSR count). The topological polar surface area (TPSA) is 95.9 Å². The van der Waals surface area contributed by atoms with E-state index in [2.05, 4.69) is 29.6 Å². The highest BCUT2D eigenvalue weighted by molar-refractivity contribution is 5.91. The third-order valence-corrected chi connectivity index (χ3v) is 7.33. The minimum Gasteiger partial charge on any atom is -0.480 e. The Morgan fingerprint density at radius 1 is 1.06 bits per heavy atom. The van der Waals surface area contributed by atoms with Crippen molar-refractivity contribution in [2.75, 3.05) is 13.2 Å². The standard InChI is InChI=1S/C28H34N2O5/c1-18(2)13-14-24(25(31)30-16-8-15-28(30,3)26(32)33)29-27(34)35-17-23-21-11-6-4-9-19(21)20-10-5-7-12-22(20)23/h4-7,9-12,18,23-24H,8,13-17H2,1-3H3,(H,29,34)(H,32,33)/t24?,28-/m1/s1. The summed E-state index contributed by atoms with van der Waals surface area (Å²) < 4.78 is 5.65. The number of hydrogen-bond donors (Lipinski definition) is 2. The molecule has 7 heteroatoms. The summed E-state index contributed by atoms with van der Waals surface area (Å²) in [5, 5.41) is 12.5. The Hall–Kier alpha value is -3.35. The highest BCUT2D eigenvalue weighted by Gasteiger charge is 2.47. The smallest absolute Gasteiger partial charge is 0.407 e. The van der Waals surface area contributed by atoms with Crippen LogP contribution in [0.1, 0.15) is 63.5 Å². The van der Waals surface area contributed by atoms with E-state index < -0.39 is 23.6 Å². The summed E-state index contributed by atoms with van der Waals surface area (Å²) in [6.45, 7) is 6.19. The van der Waals surface area contributed by atoms with E-state index in [4.69, 9.17) is 4.74 Å². The third kappa shape index (κ3) is 4.90. The molecule has 0 spiro atoms. The molecule has 1 heterocycles. The number of likely N-dealkylation sites (tertiary alicyclic amines) is 1. The van der Waals surface area contributed by atoms with E-state index >= 15 is 0 Å². The Kier molecular flexibility index (Phi) is 7.15. The molecule has 2 atom stereocenters. The van der Waals surface area contributed by atoms with Gasteiger partial charge in [0.25, 0.3) is 0 Å². The van der Waals surface area contributed by atoms with Gasteiger partial charge in [0.1, 0.15) is 18.2 Å². The van der Waals surface area contributed by atoms with Gasteiger partial charge in [0.05, 0.1) is 0 Å². The van der Waals surface area contributed by atoms with Gasteiger partial charge in [-0.2, -0.15) is 0 Å². The first-order chi connectivity index (χ1) is 16.7. The molecule has 7 nitrogen and oxygen atoms in total. The van der Waals surface area contributed by atoms with E-state index in [1.165, 1.54) is 4.90 Å². The van der Waals surface area contributed by atoms with Crippen LogP contribution >= 0.6 is 0 Å². The molecule has 186 valence electrons. The molecule has 2 aromatic carbocycles. The average Bonchev–Trinajstić information content (AvgIpc) is 3.39. The van der Waals surface area contributed by atoms with Gasteiger partial charge in [-0.15, -0.1) is 0 Å². The second kappa shape index (κ2) is 10.1. The van der Waals surface area contributed by atoms with E-state index in [0.29, 0.717) is 31.7 Å². The van der Waals surface area contributed by atoms with Crippen LogP contribution < -0.4 is 5.32 Å². The molecule has 0 bridgehead atoms. The molecule has 0 radical (unpaired) electrons. The van der Waals surface area contributed by atoms with Crippen LogP contribution in [0, 0.1) is 5.92 Å². The molecule has 1 aliphatic heterocycles. The van der Waals surface area contributed by atoms with Crippen LogP contribution in [0.2, 0.25) is 0 Å². The fourth-order valence-corrected chi connectivity index (χ4v) is 5.27. The second-order valence-electron chi connectivity index (χ2n) is 10.2. The Morgan fingerprint density at radius 2 is 1.66 bits per heavy atom. The number of fused-ring (bicyclic) bond motifs is 3. The Balaban J connectivity index is 1.46. The summed E-state index contributed by atoms with van der Waals surface area (Å²) in [4.78, 5) is 39.6. The summed E-state index contributed by atoms with van der Waals surface area (Å²) in [5.41, 5.74) is 3.26. The van der Waals surface area contributed by atoms with E-state index in [0.717, 1.165) is 28.7 Å². The number of amides is 2. The number of carbonyl (C=O) groups excluding carboxylic acids is 2. The van der Waals surface area contributed by atoms with Gasteiger partial charge in [0.15, 0.2) is 0 Å². The molecule has 1 saturated heterocycles. The molecule has 0 aromatic heterocycles. The summed E-state index contributed by atoms with van der Waals surface area (Å²) in [5.74, 6) is -1.13. The van der Waals surface area contributed by atoms with Gasteiger partial charge in [-0.05, 0) is 60.8 Å². The minimum absolute atomic E-state index is 0.0770. The number of benzene rings is 2. The quantitative estimate of drug-likeness (QED) is 0.568. The summed E-state index contributed by atoms with van der Waals surface area (Å²) in [6.07, 6.45) is 1.50. The van der Waals surface area contributed by atoms with Crippen LogP contribution in [0.4, 0.5) is 4.79 Å². The molecule has 35 heavy (non-hydrogen) atoms. The van der Waals surface area contributed by atoms with Gasteiger partial charge in [0.2, 0.25) is 5.91 Å². The molecular formula is C28H34N2O5. The first-order valence-electron chi connectivity index (χ1n) is 12.4. The number of rotatable bonds is 8. The van der Waals surface area contributed by atoms with Gasteiger partial charge in [-0.1, -0.05) is 62.4 Å². The number of alkyl carbamates (subject to hydrolysis) is 1. The first-order valence-corrected chi connectivity index (χ1v) is 12.4. The predicted octanol–water partition coefficient (Wildman–Crippen LogP) is 4.80. The monoisotopic (exact) mass is 478 g/mol. The van der Waals surface area contributed by atoms with Gasteiger partial charge < -0.3 is 20.1 Å². The average molecular weight is 479 g/mol. The molecule has 2 N–H and O–H groups in total. The van der Waals surface area contributed by atoms with Gasteiger partial charge in [0, 0.05) is 12.5 Å². The van der Waals surface area contributed by atoms with Crippen LogP contribution in [0.25, 0.3) is 11.1 Å². The maximum absolute atomic E-state index is 13.4. The zero-order valence-corrected chi connectivity index (χ0v) is 20.6. The maximum atomic E-state index is 13.4. The van der Waals surface area contributed by atoms with E-state index in [9.17, 15) is 19.5 Å². The number of nitrogens with one attached hydrogen (secondary N) is 1. The lowest BCUT2D eigenvalue weighted by Crippen LogP contribution is -2.57. The molecule has 1 aliphatic carbocycles. The lowest BCUT2D eigenvalue weighted by Gasteiger charge is -2.34. The molecule has 2 aromatic rings. The fraction of sp³-hybridized carbons (Fsp3) is 0.464. The highest BCUT2D eigenvalue weighted by Crippen LogP contribution is 2.44. The van der Waals surface area contributed by atoms with E-state index in [-0.39, 0.29) is 18.4 Å². The van der Waals surface area contributed by atoms with Crippen LogP contribution in [-0.4, -0.2) is 52.7 Å². The Labute approximate surface area is 206 Å². The fourth-order valence-electron chi connectivity index (χ4n) is 5.27. The van der Waals surface area contributed by atoms with Crippen molar-refractivity contribution in [1.29, 1.82) is 0 Å². The molecule has 2 aliphatic rings. The zero-order chi connectivity index (χ0) is 25.2. The molecular weight excluding hydrogens is 444 g/mol. The number of hydrogen-bond acceptors (Lipinski definition) is 4. The van der Waals surface area contributed by atoms with Crippen LogP contribution in [0.5, 0.6) is 0 Å². The summed E-state index contributed by atoms with van der Waals surface area (Å²) in [7, 11) is 0. The molecule has 1 fully saturated rings. The third-order valence-electron chi connectivity index (χ3n) is 7.33. The van der Waals surface area contributed by atoms with E-state index in [1.807, 2.05) is 38.1 Å². The predicted molar refractivity (Wildman–Crippen MR) is 133 cm³/mol. The first kappa shape index (κ1) is 24.8. The highest BCUT2D eigenvalue weighted by atomic mass is 16.5. The van der Waals surface area contributed by atoms with Crippen molar-refractivity contribution in [2.45, 2.75) is 64.0 Å². The number of nitrogens with zero attached hydrogens (tertiary/aromatic N) is 1. The van der Waals surface area contributed by atoms with Crippen molar-refractivity contribution in [1.82, 2.24) is 10.2 Å². The maximum Gasteiger partial charge on any atom is 0.407 e. The van der Waals surface area contributed by atoms with Gasteiger partial charge >= 0.3 is 12.1 Å². The van der Waals surface area contributed by atoms with Crippen LogP contribution in [0.3, 0.4) is 0 Å². The lowest BCUT2D eigenvalue weighted by molar-refractivity contribution is -0.156. The van der Waals surface area contributed by atoms with Crippen LogP contribution in [-0.2, 0) is 14.3 Å². The molecule has 0 saturated carbocycles. The van der Waals surface area contributed by atoms with Crippen molar-refractivity contribution in [3.8, 4) is 11.1 Å². The number of carbonyl (C=O) groups is 3. The van der Waals surface area contributed by atoms with Gasteiger partial charge in [-0.25, -0.2) is 9.59 Å². The van der Waals surface area contributed by atoms with E-state index in [1.54, 1.807) is 6.92 Å². The number of carboxylic acid groups (broad SMARTS) is 1. The largest absolute Gasteiger partial charge is 0.480 e. The summed E-state index contributed by atoms with van der Waals surface area (Å²) >= 11 is 0. The van der Waals surface area contributed by atoms with Crippen molar-refractivity contribution in [3.05, 3.63) is 59.7 Å². The Bertz CT molecular complexity index is 1070.